The van der Waals surface area contributed by atoms with Crippen LogP contribution < -0.4 is 0 Å². The summed E-state index contributed by atoms with van der Waals surface area (Å²) in [5, 5.41) is 9.61. The van der Waals surface area contributed by atoms with E-state index in [-0.39, 0.29) is 17.8 Å². The van der Waals surface area contributed by atoms with Crippen LogP contribution in [0.25, 0.3) is 0 Å². The molecule has 1 aliphatic rings. The van der Waals surface area contributed by atoms with Gasteiger partial charge in [0, 0.05) is 11.8 Å². The van der Waals surface area contributed by atoms with Gasteiger partial charge in [0.15, 0.2) is 0 Å². The maximum Gasteiger partial charge on any atom is 0.307 e. The largest absolute Gasteiger partial charge is 0.481 e. The Bertz CT molecular complexity index is 544. The number of carboxylic acids is 1. The smallest absolute Gasteiger partial charge is 0.307 e. The van der Waals surface area contributed by atoms with Crippen molar-refractivity contribution in [1.82, 2.24) is 0 Å². The van der Waals surface area contributed by atoms with Crippen molar-refractivity contribution in [3.8, 4) is 0 Å². The Morgan fingerprint density at radius 2 is 1.25 bits per heavy atom. The predicted octanol–water partition coefficient (Wildman–Crippen LogP) is 3.90. The lowest BCUT2D eigenvalue weighted by atomic mass is 9.53. The van der Waals surface area contributed by atoms with E-state index >= 15 is 0 Å². The molecule has 1 aliphatic carbocycles. The first kappa shape index (κ1) is 12.9. The van der Waals surface area contributed by atoms with Gasteiger partial charge in [-0.25, -0.2) is 0 Å². The fourth-order valence-electron chi connectivity index (χ4n) is 3.63. The van der Waals surface area contributed by atoms with Crippen molar-refractivity contribution in [3.05, 3.63) is 71.8 Å². The summed E-state index contributed by atoms with van der Waals surface area (Å²) in [7, 11) is 0. The standard InChI is InChI=1S/C18H18O2/c1-12-15(13-8-4-2-5-9-13)17(18(19)20)16(12)14-10-6-3-7-11-14/h2-12,15-17H,1H3,(H,19,20)/t12?,15-,16?,17+/m1/s1. The topological polar surface area (TPSA) is 37.3 Å². The van der Waals surface area contributed by atoms with Crippen LogP contribution in [0.5, 0.6) is 0 Å². The first-order valence-corrected chi connectivity index (χ1v) is 7.03. The zero-order valence-corrected chi connectivity index (χ0v) is 11.4. The summed E-state index contributed by atoms with van der Waals surface area (Å²) in [5.74, 6) is -0.445. The van der Waals surface area contributed by atoms with Crippen LogP contribution in [0.3, 0.4) is 0 Å². The molecule has 2 aromatic carbocycles. The van der Waals surface area contributed by atoms with Crippen molar-refractivity contribution in [1.29, 1.82) is 0 Å². The summed E-state index contributed by atoms with van der Waals surface area (Å²) in [5.41, 5.74) is 2.28. The molecule has 1 N–H and O–H groups in total. The molecule has 102 valence electrons. The van der Waals surface area contributed by atoms with E-state index in [0.29, 0.717) is 5.92 Å². The molecule has 2 unspecified atom stereocenters. The minimum Gasteiger partial charge on any atom is -0.481 e. The number of rotatable bonds is 3. The van der Waals surface area contributed by atoms with Crippen molar-refractivity contribution >= 4 is 5.97 Å². The number of hydrogen-bond acceptors (Lipinski definition) is 1. The highest BCUT2D eigenvalue weighted by Gasteiger charge is 2.52. The number of benzene rings is 2. The van der Waals surface area contributed by atoms with Gasteiger partial charge in [0.1, 0.15) is 0 Å². The molecule has 1 saturated carbocycles. The van der Waals surface area contributed by atoms with Crippen LogP contribution in [0.4, 0.5) is 0 Å². The van der Waals surface area contributed by atoms with Gasteiger partial charge >= 0.3 is 5.97 Å². The molecule has 3 rings (SSSR count). The SMILES string of the molecule is CC1C(c2ccccc2)[C@@H](C(=O)O)[C@H]1c1ccccc1. The van der Waals surface area contributed by atoms with Gasteiger partial charge < -0.3 is 5.11 Å². The molecule has 2 nitrogen and oxygen atoms in total. The highest BCUT2D eigenvalue weighted by molar-refractivity contribution is 5.75. The van der Waals surface area contributed by atoms with Gasteiger partial charge in [-0.05, 0) is 17.0 Å². The Balaban J connectivity index is 1.94. The monoisotopic (exact) mass is 266 g/mol. The predicted molar refractivity (Wildman–Crippen MR) is 78.7 cm³/mol. The second kappa shape index (κ2) is 5.12. The summed E-state index contributed by atoms with van der Waals surface area (Å²) in [4.78, 5) is 11.7. The lowest BCUT2D eigenvalue weighted by Crippen LogP contribution is -2.46. The Labute approximate surface area is 119 Å². The van der Waals surface area contributed by atoms with Crippen LogP contribution in [0.15, 0.2) is 60.7 Å². The third-order valence-corrected chi connectivity index (χ3v) is 4.56. The summed E-state index contributed by atoms with van der Waals surface area (Å²) < 4.78 is 0. The number of aliphatic carboxylic acids is 1. The molecule has 0 amide bonds. The number of carbonyl (C=O) groups is 1. The molecule has 0 saturated heterocycles. The van der Waals surface area contributed by atoms with E-state index in [0.717, 1.165) is 11.1 Å². The van der Waals surface area contributed by atoms with Gasteiger partial charge in [-0.1, -0.05) is 67.6 Å². The average molecular weight is 266 g/mol. The molecule has 0 heterocycles. The van der Waals surface area contributed by atoms with Gasteiger partial charge in [-0.2, -0.15) is 0 Å². The Hall–Kier alpha value is -2.09. The molecule has 0 aromatic heterocycles. The Morgan fingerprint density at radius 3 is 1.60 bits per heavy atom. The van der Waals surface area contributed by atoms with E-state index in [2.05, 4.69) is 6.92 Å². The quantitative estimate of drug-likeness (QED) is 0.914. The average Bonchev–Trinajstić information content (AvgIpc) is 2.46. The summed E-state index contributed by atoms with van der Waals surface area (Å²) in [6.45, 7) is 2.16. The summed E-state index contributed by atoms with van der Waals surface area (Å²) in [6.07, 6.45) is 0. The molecule has 20 heavy (non-hydrogen) atoms. The molecule has 1 fully saturated rings. The van der Waals surface area contributed by atoms with Crippen molar-refractivity contribution in [2.24, 2.45) is 11.8 Å². The molecule has 0 spiro atoms. The minimum absolute atomic E-state index is 0.110. The van der Waals surface area contributed by atoms with Gasteiger partial charge in [-0.3, -0.25) is 4.79 Å². The number of carboxylic acid groups (broad SMARTS) is 1. The maximum absolute atomic E-state index is 11.7. The van der Waals surface area contributed by atoms with E-state index in [1.165, 1.54) is 0 Å². The molecular weight excluding hydrogens is 248 g/mol. The first-order chi connectivity index (χ1) is 9.70. The third-order valence-electron chi connectivity index (χ3n) is 4.56. The molecule has 0 bridgehead atoms. The van der Waals surface area contributed by atoms with Gasteiger partial charge in [-0.15, -0.1) is 0 Å². The van der Waals surface area contributed by atoms with E-state index < -0.39 is 5.97 Å². The highest BCUT2D eigenvalue weighted by Crippen LogP contribution is 2.57. The normalized spacial score (nSPS) is 28.6. The van der Waals surface area contributed by atoms with Crippen molar-refractivity contribution in [3.63, 3.8) is 0 Å². The van der Waals surface area contributed by atoms with Crippen molar-refractivity contribution < 1.29 is 9.90 Å². The van der Waals surface area contributed by atoms with Crippen molar-refractivity contribution in [2.45, 2.75) is 18.8 Å². The molecule has 2 heteroatoms. The van der Waals surface area contributed by atoms with Gasteiger partial charge in [0.05, 0.1) is 5.92 Å². The second-order valence-electron chi connectivity index (χ2n) is 5.60. The summed E-state index contributed by atoms with van der Waals surface area (Å²) >= 11 is 0. The molecule has 2 aromatic rings. The van der Waals surface area contributed by atoms with Gasteiger partial charge in [0.25, 0.3) is 0 Å². The van der Waals surface area contributed by atoms with E-state index in [4.69, 9.17) is 0 Å². The summed E-state index contributed by atoms with van der Waals surface area (Å²) in [6, 6.07) is 20.0. The zero-order chi connectivity index (χ0) is 14.1. The van der Waals surface area contributed by atoms with Crippen LogP contribution in [-0.2, 0) is 4.79 Å². The fraction of sp³-hybridized carbons (Fsp3) is 0.278. The third kappa shape index (κ3) is 2.01. The Kier molecular flexibility index (Phi) is 3.31. The van der Waals surface area contributed by atoms with E-state index in [1.54, 1.807) is 0 Å². The van der Waals surface area contributed by atoms with Crippen molar-refractivity contribution in [2.75, 3.05) is 0 Å². The lowest BCUT2D eigenvalue weighted by Gasteiger charge is -2.49. The Morgan fingerprint density at radius 1 is 0.850 bits per heavy atom. The highest BCUT2D eigenvalue weighted by atomic mass is 16.4. The second-order valence-corrected chi connectivity index (χ2v) is 5.60. The van der Waals surface area contributed by atoms with E-state index in [9.17, 15) is 9.90 Å². The zero-order valence-electron chi connectivity index (χ0n) is 11.4. The van der Waals surface area contributed by atoms with Crippen LogP contribution in [0.1, 0.15) is 29.9 Å². The van der Waals surface area contributed by atoms with Crippen LogP contribution in [-0.4, -0.2) is 11.1 Å². The molecule has 0 aliphatic heterocycles. The van der Waals surface area contributed by atoms with Gasteiger partial charge in [0.2, 0.25) is 0 Å². The molecule has 4 atom stereocenters. The number of hydrogen-bond donors (Lipinski definition) is 1. The lowest BCUT2D eigenvalue weighted by molar-refractivity contribution is -0.149. The molecular formula is C18H18O2. The fourth-order valence-corrected chi connectivity index (χ4v) is 3.63. The van der Waals surface area contributed by atoms with Crippen LogP contribution >= 0.6 is 0 Å². The minimum atomic E-state index is -0.689. The van der Waals surface area contributed by atoms with Crippen LogP contribution in [0, 0.1) is 11.8 Å². The first-order valence-electron chi connectivity index (χ1n) is 7.03. The maximum atomic E-state index is 11.7. The van der Waals surface area contributed by atoms with Crippen LogP contribution in [0.2, 0.25) is 0 Å². The molecule has 0 radical (unpaired) electrons. The van der Waals surface area contributed by atoms with E-state index in [1.807, 2.05) is 60.7 Å².